The second-order valence-corrected chi connectivity index (χ2v) is 5.74. The van der Waals surface area contributed by atoms with Gasteiger partial charge in [-0.25, -0.2) is 0 Å². The van der Waals surface area contributed by atoms with Crippen molar-refractivity contribution in [3.8, 4) is 0 Å². The third kappa shape index (κ3) is 6.45. The van der Waals surface area contributed by atoms with E-state index in [4.69, 9.17) is 0 Å². The predicted octanol–water partition coefficient (Wildman–Crippen LogP) is 5.00. The molecule has 1 heterocycles. The summed E-state index contributed by atoms with van der Waals surface area (Å²) in [4.78, 5) is 2.77. The SMILES string of the molecule is CCCCCCCC(CCCC)N1CCCC1. The lowest BCUT2D eigenvalue weighted by atomic mass is 10.0. The number of rotatable bonds is 10. The van der Waals surface area contributed by atoms with Crippen molar-refractivity contribution in [2.75, 3.05) is 13.1 Å². The minimum absolute atomic E-state index is 0.916. The molecule has 0 aromatic rings. The van der Waals surface area contributed by atoms with E-state index in [1.54, 1.807) is 0 Å². The molecule has 1 fully saturated rings. The first-order valence-corrected chi connectivity index (χ1v) is 8.12. The smallest absolute Gasteiger partial charge is 0.00952 e. The molecule has 1 aliphatic heterocycles. The van der Waals surface area contributed by atoms with Crippen LogP contribution in [-0.4, -0.2) is 24.0 Å². The number of hydrogen-bond acceptors (Lipinski definition) is 1. The molecule has 0 aromatic heterocycles. The maximum atomic E-state index is 2.77. The van der Waals surface area contributed by atoms with Gasteiger partial charge in [0.15, 0.2) is 0 Å². The molecule has 1 atom stereocenters. The largest absolute Gasteiger partial charge is 0.300 e. The molecule has 17 heavy (non-hydrogen) atoms. The van der Waals surface area contributed by atoms with E-state index in [-0.39, 0.29) is 0 Å². The first-order valence-electron chi connectivity index (χ1n) is 8.12. The van der Waals surface area contributed by atoms with Gasteiger partial charge in [0.1, 0.15) is 0 Å². The zero-order valence-electron chi connectivity index (χ0n) is 12.2. The van der Waals surface area contributed by atoms with E-state index < -0.39 is 0 Å². The van der Waals surface area contributed by atoms with Crippen LogP contribution in [0, 0.1) is 0 Å². The molecular formula is C16H33N. The quantitative estimate of drug-likeness (QED) is 0.485. The van der Waals surface area contributed by atoms with Crippen LogP contribution in [0.1, 0.15) is 84.5 Å². The van der Waals surface area contributed by atoms with Crippen molar-refractivity contribution >= 4 is 0 Å². The zero-order chi connectivity index (χ0) is 12.3. The standard InChI is InChI=1S/C16H33N/c1-3-5-7-8-9-13-16(12-6-4-2)17-14-10-11-15-17/h16H,3-15H2,1-2H3. The molecule has 0 aliphatic carbocycles. The maximum Gasteiger partial charge on any atom is 0.00952 e. The summed E-state index contributed by atoms with van der Waals surface area (Å²) in [5.74, 6) is 0. The van der Waals surface area contributed by atoms with Gasteiger partial charge in [0.05, 0.1) is 0 Å². The normalized spacial score (nSPS) is 18.7. The molecule has 1 aliphatic rings. The van der Waals surface area contributed by atoms with Gasteiger partial charge in [-0.3, -0.25) is 0 Å². The number of nitrogens with zero attached hydrogens (tertiary/aromatic N) is 1. The Hall–Kier alpha value is -0.0400. The molecule has 0 N–H and O–H groups in total. The minimum atomic E-state index is 0.916. The number of likely N-dealkylation sites (tertiary alicyclic amines) is 1. The summed E-state index contributed by atoms with van der Waals surface area (Å²) in [6, 6.07) is 0.916. The molecule has 0 saturated carbocycles. The zero-order valence-corrected chi connectivity index (χ0v) is 12.2. The van der Waals surface area contributed by atoms with Gasteiger partial charge in [0.2, 0.25) is 0 Å². The van der Waals surface area contributed by atoms with E-state index in [2.05, 4.69) is 18.7 Å². The average molecular weight is 239 g/mol. The fourth-order valence-electron chi connectivity index (χ4n) is 3.04. The maximum absolute atomic E-state index is 2.77. The molecule has 1 unspecified atom stereocenters. The molecule has 1 nitrogen and oxygen atoms in total. The third-order valence-corrected chi connectivity index (χ3v) is 4.19. The van der Waals surface area contributed by atoms with E-state index in [0.717, 1.165) is 6.04 Å². The number of unbranched alkanes of at least 4 members (excludes halogenated alkanes) is 5. The van der Waals surface area contributed by atoms with Crippen LogP contribution in [-0.2, 0) is 0 Å². The molecule has 0 amide bonds. The van der Waals surface area contributed by atoms with Gasteiger partial charge in [0.25, 0.3) is 0 Å². The van der Waals surface area contributed by atoms with Crippen molar-refractivity contribution in [2.24, 2.45) is 0 Å². The van der Waals surface area contributed by atoms with Crippen LogP contribution in [0.5, 0.6) is 0 Å². The van der Waals surface area contributed by atoms with Crippen molar-refractivity contribution < 1.29 is 0 Å². The Kier molecular flexibility index (Phi) is 8.78. The molecule has 102 valence electrons. The Morgan fingerprint density at radius 3 is 2.00 bits per heavy atom. The van der Waals surface area contributed by atoms with Crippen LogP contribution in [0.25, 0.3) is 0 Å². The van der Waals surface area contributed by atoms with E-state index in [0.29, 0.717) is 0 Å². The molecule has 0 bridgehead atoms. The lowest BCUT2D eigenvalue weighted by Crippen LogP contribution is -2.32. The Morgan fingerprint density at radius 2 is 1.35 bits per heavy atom. The van der Waals surface area contributed by atoms with Gasteiger partial charge in [-0.1, -0.05) is 58.8 Å². The molecule has 0 radical (unpaired) electrons. The summed E-state index contributed by atoms with van der Waals surface area (Å²) in [5.41, 5.74) is 0. The van der Waals surface area contributed by atoms with E-state index in [1.165, 1.54) is 83.7 Å². The minimum Gasteiger partial charge on any atom is -0.300 e. The highest BCUT2D eigenvalue weighted by molar-refractivity contribution is 4.76. The van der Waals surface area contributed by atoms with Gasteiger partial charge in [-0.05, 0) is 38.8 Å². The van der Waals surface area contributed by atoms with Crippen LogP contribution in [0.3, 0.4) is 0 Å². The molecule has 1 saturated heterocycles. The van der Waals surface area contributed by atoms with Crippen LogP contribution in [0.15, 0.2) is 0 Å². The van der Waals surface area contributed by atoms with Gasteiger partial charge >= 0.3 is 0 Å². The summed E-state index contributed by atoms with van der Waals surface area (Å²) in [5, 5.41) is 0. The highest BCUT2D eigenvalue weighted by Gasteiger charge is 2.20. The van der Waals surface area contributed by atoms with Crippen molar-refractivity contribution in [1.82, 2.24) is 4.90 Å². The van der Waals surface area contributed by atoms with E-state index in [1.807, 2.05) is 0 Å². The molecule has 0 spiro atoms. The lowest BCUT2D eigenvalue weighted by molar-refractivity contribution is 0.210. The molecule has 1 rings (SSSR count). The fraction of sp³-hybridized carbons (Fsp3) is 1.00. The summed E-state index contributed by atoms with van der Waals surface area (Å²) in [6.07, 6.45) is 15.8. The van der Waals surface area contributed by atoms with Crippen LogP contribution in [0.4, 0.5) is 0 Å². The Labute approximate surface area is 109 Å². The molecule has 1 heteroatoms. The lowest BCUT2D eigenvalue weighted by Gasteiger charge is -2.27. The van der Waals surface area contributed by atoms with E-state index >= 15 is 0 Å². The second kappa shape index (κ2) is 9.94. The summed E-state index contributed by atoms with van der Waals surface area (Å²) in [6.45, 7) is 7.38. The number of hydrogen-bond donors (Lipinski definition) is 0. The Bertz CT molecular complexity index is 161. The van der Waals surface area contributed by atoms with Crippen LogP contribution < -0.4 is 0 Å². The highest BCUT2D eigenvalue weighted by atomic mass is 15.2. The van der Waals surface area contributed by atoms with Gasteiger partial charge in [-0.15, -0.1) is 0 Å². The Balaban J connectivity index is 2.15. The van der Waals surface area contributed by atoms with Crippen molar-refractivity contribution in [3.63, 3.8) is 0 Å². The second-order valence-electron chi connectivity index (χ2n) is 5.74. The van der Waals surface area contributed by atoms with Crippen molar-refractivity contribution in [1.29, 1.82) is 0 Å². The summed E-state index contributed by atoms with van der Waals surface area (Å²) in [7, 11) is 0. The first-order chi connectivity index (χ1) is 8.38. The topological polar surface area (TPSA) is 3.24 Å². The molecular weight excluding hydrogens is 206 g/mol. The molecule has 0 aromatic carbocycles. The van der Waals surface area contributed by atoms with Gasteiger partial charge in [-0.2, -0.15) is 0 Å². The third-order valence-electron chi connectivity index (χ3n) is 4.19. The monoisotopic (exact) mass is 239 g/mol. The van der Waals surface area contributed by atoms with Crippen LogP contribution in [0.2, 0.25) is 0 Å². The van der Waals surface area contributed by atoms with Crippen LogP contribution >= 0.6 is 0 Å². The predicted molar refractivity (Wildman–Crippen MR) is 77.5 cm³/mol. The first kappa shape index (κ1) is 15.0. The Morgan fingerprint density at radius 1 is 0.765 bits per heavy atom. The average Bonchev–Trinajstić information content (AvgIpc) is 2.86. The summed E-state index contributed by atoms with van der Waals surface area (Å²) >= 11 is 0. The van der Waals surface area contributed by atoms with Gasteiger partial charge < -0.3 is 4.90 Å². The van der Waals surface area contributed by atoms with E-state index in [9.17, 15) is 0 Å². The van der Waals surface area contributed by atoms with Crippen molar-refractivity contribution in [3.05, 3.63) is 0 Å². The fourth-order valence-corrected chi connectivity index (χ4v) is 3.04. The summed E-state index contributed by atoms with van der Waals surface area (Å²) < 4.78 is 0. The van der Waals surface area contributed by atoms with Gasteiger partial charge in [0, 0.05) is 6.04 Å². The highest BCUT2D eigenvalue weighted by Crippen LogP contribution is 2.21. The van der Waals surface area contributed by atoms with Crippen molar-refractivity contribution in [2.45, 2.75) is 90.5 Å².